The van der Waals surface area contributed by atoms with Crippen LogP contribution in [0.1, 0.15) is 19.3 Å². The minimum absolute atomic E-state index is 0.0139. The van der Waals surface area contributed by atoms with Crippen LogP contribution in [0.3, 0.4) is 0 Å². The SMILES string of the molecule is CN=C(NCCS(=O)(=O)NCC1CCCCO1)N(C)CCOc1ccccc1. The molecule has 1 heterocycles. The number of para-hydroxylation sites is 1. The lowest BCUT2D eigenvalue weighted by atomic mass is 10.1. The van der Waals surface area contributed by atoms with Gasteiger partial charge in [0.1, 0.15) is 12.4 Å². The molecule has 28 heavy (non-hydrogen) atoms. The van der Waals surface area contributed by atoms with E-state index in [0.717, 1.165) is 25.0 Å². The zero-order valence-corrected chi connectivity index (χ0v) is 17.6. The Morgan fingerprint density at radius 2 is 2.11 bits per heavy atom. The third kappa shape index (κ3) is 8.45. The molecule has 0 saturated carbocycles. The lowest BCUT2D eigenvalue weighted by Gasteiger charge is -2.23. The molecule has 1 aromatic rings. The highest BCUT2D eigenvalue weighted by molar-refractivity contribution is 7.89. The van der Waals surface area contributed by atoms with Crippen LogP contribution in [-0.4, -0.2) is 78.1 Å². The van der Waals surface area contributed by atoms with E-state index in [-0.39, 0.29) is 18.4 Å². The van der Waals surface area contributed by atoms with Crippen LogP contribution in [0.25, 0.3) is 0 Å². The van der Waals surface area contributed by atoms with E-state index in [1.54, 1.807) is 7.05 Å². The van der Waals surface area contributed by atoms with Crippen molar-refractivity contribution in [2.75, 3.05) is 52.7 Å². The fourth-order valence-electron chi connectivity index (χ4n) is 2.87. The van der Waals surface area contributed by atoms with Gasteiger partial charge in [-0.15, -0.1) is 0 Å². The first-order chi connectivity index (χ1) is 13.5. The second-order valence-electron chi connectivity index (χ2n) is 6.71. The molecular weight excluding hydrogens is 380 g/mol. The number of likely N-dealkylation sites (N-methyl/N-ethyl adjacent to an activating group) is 1. The minimum Gasteiger partial charge on any atom is -0.492 e. The van der Waals surface area contributed by atoms with Gasteiger partial charge in [-0.1, -0.05) is 18.2 Å². The number of rotatable bonds is 10. The van der Waals surface area contributed by atoms with Crippen molar-refractivity contribution in [3.05, 3.63) is 30.3 Å². The highest BCUT2D eigenvalue weighted by atomic mass is 32.2. The summed E-state index contributed by atoms with van der Waals surface area (Å²) in [5.74, 6) is 1.42. The van der Waals surface area contributed by atoms with E-state index in [0.29, 0.717) is 32.3 Å². The third-order valence-corrected chi connectivity index (χ3v) is 5.82. The number of ether oxygens (including phenoxy) is 2. The molecule has 0 radical (unpaired) electrons. The van der Waals surface area contributed by atoms with Crippen molar-refractivity contribution in [3.63, 3.8) is 0 Å². The summed E-state index contributed by atoms with van der Waals surface area (Å²) in [7, 11) is 0.202. The summed E-state index contributed by atoms with van der Waals surface area (Å²) in [5.41, 5.74) is 0. The molecule has 2 rings (SSSR count). The molecule has 9 heteroatoms. The smallest absolute Gasteiger partial charge is 0.213 e. The van der Waals surface area contributed by atoms with Crippen LogP contribution in [0.5, 0.6) is 5.75 Å². The van der Waals surface area contributed by atoms with Crippen molar-refractivity contribution in [1.29, 1.82) is 0 Å². The first kappa shape index (κ1) is 22.4. The number of guanidine groups is 1. The Morgan fingerprint density at radius 3 is 2.79 bits per heavy atom. The van der Waals surface area contributed by atoms with Crippen LogP contribution in [-0.2, 0) is 14.8 Å². The Morgan fingerprint density at radius 1 is 1.32 bits per heavy atom. The lowest BCUT2D eigenvalue weighted by Crippen LogP contribution is -2.44. The Hall–Kier alpha value is -1.84. The number of benzene rings is 1. The average Bonchev–Trinajstić information content (AvgIpc) is 2.71. The first-order valence-corrected chi connectivity index (χ1v) is 11.3. The van der Waals surface area contributed by atoms with E-state index in [1.165, 1.54) is 0 Å². The first-order valence-electron chi connectivity index (χ1n) is 9.69. The van der Waals surface area contributed by atoms with Crippen LogP contribution >= 0.6 is 0 Å². The van der Waals surface area contributed by atoms with Crippen LogP contribution in [0.2, 0.25) is 0 Å². The van der Waals surface area contributed by atoms with Crippen LogP contribution in [0, 0.1) is 0 Å². The van der Waals surface area contributed by atoms with Crippen LogP contribution in [0.15, 0.2) is 35.3 Å². The van der Waals surface area contributed by atoms with E-state index in [9.17, 15) is 8.42 Å². The zero-order valence-electron chi connectivity index (χ0n) is 16.8. The van der Waals surface area contributed by atoms with Crippen molar-refractivity contribution in [2.24, 2.45) is 4.99 Å². The average molecular weight is 413 g/mol. The predicted octanol–water partition coefficient (Wildman–Crippen LogP) is 1.06. The topological polar surface area (TPSA) is 92.3 Å². The maximum Gasteiger partial charge on any atom is 0.213 e. The number of hydrogen-bond donors (Lipinski definition) is 2. The van der Waals surface area contributed by atoms with E-state index >= 15 is 0 Å². The highest BCUT2D eigenvalue weighted by Crippen LogP contribution is 2.11. The van der Waals surface area contributed by atoms with Gasteiger partial charge >= 0.3 is 0 Å². The number of sulfonamides is 1. The van der Waals surface area contributed by atoms with Gasteiger partial charge in [0.15, 0.2) is 5.96 Å². The van der Waals surface area contributed by atoms with Gasteiger partial charge in [0, 0.05) is 33.8 Å². The lowest BCUT2D eigenvalue weighted by molar-refractivity contribution is 0.0200. The Kier molecular flexibility index (Phi) is 9.52. The zero-order chi connectivity index (χ0) is 20.2. The Bertz CT molecular complexity index is 691. The van der Waals surface area contributed by atoms with Gasteiger partial charge in [-0.05, 0) is 31.4 Å². The van der Waals surface area contributed by atoms with E-state index in [2.05, 4.69) is 15.0 Å². The van der Waals surface area contributed by atoms with E-state index in [4.69, 9.17) is 9.47 Å². The summed E-state index contributed by atoms with van der Waals surface area (Å²) in [6.07, 6.45) is 3.03. The molecular formula is C19H32N4O4S. The van der Waals surface area contributed by atoms with Crippen molar-refractivity contribution < 1.29 is 17.9 Å². The summed E-state index contributed by atoms with van der Waals surface area (Å²) in [4.78, 5) is 6.09. The van der Waals surface area contributed by atoms with Gasteiger partial charge in [-0.3, -0.25) is 4.99 Å². The summed E-state index contributed by atoms with van der Waals surface area (Å²) in [6.45, 7) is 2.46. The number of aliphatic imine (C=N–C) groups is 1. The molecule has 0 aromatic heterocycles. The second-order valence-corrected chi connectivity index (χ2v) is 8.64. The molecule has 1 saturated heterocycles. The maximum atomic E-state index is 12.2. The number of nitrogens with zero attached hydrogens (tertiary/aromatic N) is 2. The van der Waals surface area contributed by atoms with Gasteiger partial charge < -0.3 is 19.7 Å². The third-order valence-electron chi connectivity index (χ3n) is 4.47. The molecule has 0 bridgehead atoms. The quantitative estimate of drug-likeness (QED) is 0.441. The van der Waals surface area contributed by atoms with Crippen molar-refractivity contribution >= 4 is 16.0 Å². The summed E-state index contributed by atoms with van der Waals surface area (Å²) >= 11 is 0. The molecule has 8 nitrogen and oxygen atoms in total. The van der Waals surface area contributed by atoms with E-state index < -0.39 is 10.0 Å². The van der Waals surface area contributed by atoms with Crippen LogP contribution in [0.4, 0.5) is 0 Å². The van der Waals surface area contributed by atoms with Gasteiger partial charge in [-0.2, -0.15) is 0 Å². The van der Waals surface area contributed by atoms with Crippen molar-refractivity contribution in [3.8, 4) is 5.75 Å². The summed E-state index contributed by atoms with van der Waals surface area (Å²) in [5, 5.41) is 3.08. The normalized spacial score (nSPS) is 17.9. The molecule has 0 spiro atoms. The molecule has 2 N–H and O–H groups in total. The molecule has 1 unspecified atom stereocenters. The number of nitrogens with one attached hydrogen (secondary N) is 2. The molecule has 1 aliphatic heterocycles. The standard InChI is InChI=1S/C19H32N4O4S/c1-20-19(23(2)12-14-27-17-8-4-3-5-9-17)21-11-15-28(24,25)22-16-18-10-6-7-13-26-18/h3-5,8-9,18,22H,6-7,10-16H2,1-2H3,(H,20,21). The predicted molar refractivity (Wildman–Crippen MR) is 111 cm³/mol. The largest absolute Gasteiger partial charge is 0.492 e. The van der Waals surface area contributed by atoms with Gasteiger partial charge in [-0.25, -0.2) is 13.1 Å². The monoisotopic (exact) mass is 412 g/mol. The van der Waals surface area contributed by atoms with Gasteiger partial charge in [0.2, 0.25) is 10.0 Å². The molecule has 1 fully saturated rings. The van der Waals surface area contributed by atoms with Crippen molar-refractivity contribution in [2.45, 2.75) is 25.4 Å². The van der Waals surface area contributed by atoms with Gasteiger partial charge in [0.05, 0.1) is 18.4 Å². The minimum atomic E-state index is -3.35. The van der Waals surface area contributed by atoms with E-state index in [1.807, 2.05) is 42.3 Å². The fraction of sp³-hybridized carbons (Fsp3) is 0.632. The molecule has 0 amide bonds. The fourth-order valence-corrected chi connectivity index (χ4v) is 3.82. The second kappa shape index (κ2) is 11.9. The molecule has 0 aliphatic carbocycles. The molecule has 1 aliphatic rings. The Balaban J connectivity index is 1.65. The molecule has 1 atom stereocenters. The molecule has 1 aromatic carbocycles. The number of hydrogen-bond acceptors (Lipinski definition) is 5. The Labute approximate surface area is 168 Å². The van der Waals surface area contributed by atoms with Gasteiger partial charge in [0.25, 0.3) is 0 Å². The van der Waals surface area contributed by atoms with Crippen LogP contribution < -0.4 is 14.8 Å². The molecule has 158 valence electrons. The highest BCUT2D eigenvalue weighted by Gasteiger charge is 2.18. The maximum absolute atomic E-state index is 12.2. The summed E-state index contributed by atoms with van der Waals surface area (Å²) < 4.78 is 38.2. The van der Waals surface area contributed by atoms with Crippen molar-refractivity contribution in [1.82, 2.24) is 14.9 Å². The summed E-state index contributed by atoms with van der Waals surface area (Å²) in [6, 6.07) is 9.60.